The normalized spacial score (nSPS) is 14.3. The zero-order chi connectivity index (χ0) is 20.8. The third kappa shape index (κ3) is 5.50. The van der Waals surface area contributed by atoms with E-state index >= 15 is 0 Å². The molecule has 0 radical (unpaired) electrons. The predicted molar refractivity (Wildman–Crippen MR) is 105 cm³/mol. The highest BCUT2D eigenvalue weighted by Gasteiger charge is 2.27. The van der Waals surface area contributed by atoms with Crippen molar-refractivity contribution in [3.63, 3.8) is 0 Å². The molecule has 9 heteroatoms. The van der Waals surface area contributed by atoms with Crippen LogP contribution in [0.5, 0.6) is 5.75 Å². The molecule has 29 heavy (non-hydrogen) atoms. The van der Waals surface area contributed by atoms with E-state index in [0.717, 1.165) is 5.56 Å². The molecule has 2 heterocycles. The lowest BCUT2D eigenvalue weighted by atomic mass is 9.96. The predicted octanol–water partition coefficient (Wildman–Crippen LogP) is 2.55. The number of hydrogen-bond acceptors (Lipinski definition) is 6. The fourth-order valence-electron chi connectivity index (χ4n) is 3.15. The number of nitrogens with one attached hydrogen (secondary N) is 1. The van der Waals surface area contributed by atoms with Gasteiger partial charge in [0.2, 0.25) is 5.91 Å². The van der Waals surface area contributed by atoms with Gasteiger partial charge in [0.05, 0.1) is 11.0 Å². The van der Waals surface area contributed by atoms with Crippen molar-refractivity contribution in [2.75, 3.05) is 25.0 Å². The third-order valence-corrected chi connectivity index (χ3v) is 4.78. The quantitative estimate of drug-likeness (QED) is 0.591. The summed E-state index contributed by atoms with van der Waals surface area (Å²) in [6, 6.07) is 9.37. The summed E-state index contributed by atoms with van der Waals surface area (Å²) in [5.74, 6) is 0.309. The summed E-state index contributed by atoms with van der Waals surface area (Å²) in [4.78, 5) is 40.8. The topological polar surface area (TPSA) is 115 Å². The van der Waals surface area contributed by atoms with Crippen LogP contribution in [0.4, 0.5) is 11.5 Å². The molecule has 2 amide bonds. The highest BCUT2D eigenvalue weighted by Crippen LogP contribution is 2.21. The number of pyridine rings is 1. The van der Waals surface area contributed by atoms with Gasteiger partial charge < -0.3 is 15.0 Å². The van der Waals surface area contributed by atoms with E-state index in [1.807, 2.05) is 19.1 Å². The third-order valence-electron chi connectivity index (χ3n) is 4.78. The number of aromatic nitrogens is 1. The number of nitro groups is 1. The van der Waals surface area contributed by atoms with E-state index in [2.05, 4.69) is 10.3 Å². The van der Waals surface area contributed by atoms with E-state index in [9.17, 15) is 19.7 Å². The van der Waals surface area contributed by atoms with E-state index in [4.69, 9.17) is 4.74 Å². The van der Waals surface area contributed by atoms with E-state index in [-0.39, 0.29) is 35.8 Å². The molecule has 2 aromatic rings. The van der Waals surface area contributed by atoms with Crippen LogP contribution >= 0.6 is 0 Å². The molecule has 0 spiro atoms. The highest BCUT2D eigenvalue weighted by atomic mass is 16.6. The maximum atomic E-state index is 12.4. The van der Waals surface area contributed by atoms with Gasteiger partial charge in [0.1, 0.15) is 11.6 Å². The molecule has 0 saturated carbocycles. The van der Waals surface area contributed by atoms with Crippen LogP contribution in [0.25, 0.3) is 0 Å². The molecule has 1 aliphatic rings. The first-order chi connectivity index (χ1) is 13.9. The molecular weight excluding hydrogens is 376 g/mol. The molecular formula is C20H22N4O5. The number of likely N-dealkylation sites (tertiary alicyclic amines) is 1. The molecule has 1 fully saturated rings. The van der Waals surface area contributed by atoms with E-state index in [1.165, 1.54) is 18.2 Å². The monoisotopic (exact) mass is 398 g/mol. The van der Waals surface area contributed by atoms with Crippen molar-refractivity contribution in [3.05, 3.63) is 58.3 Å². The van der Waals surface area contributed by atoms with Crippen molar-refractivity contribution in [1.29, 1.82) is 0 Å². The van der Waals surface area contributed by atoms with Crippen molar-refractivity contribution in [2.45, 2.75) is 19.8 Å². The fourth-order valence-corrected chi connectivity index (χ4v) is 3.15. The minimum atomic E-state index is -0.517. The van der Waals surface area contributed by atoms with Crippen molar-refractivity contribution >= 4 is 23.3 Å². The molecule has 0 aliphatic carbocycles. The standard InChI is InChI=1S/C20H22N4O5/c1-14-5-8-21-18(11-14)22-20(26)15-6-9-23(10-7-15)19(25)13-29-17-4-2-3-16(12-17)24(27)28/h2-5,8,11-12,15H,6-7,9-10,13H2,1H3,(H,21,22,26). The number of anilines is 1. The van der Waals surface area contributed by atoms with E-state index in [0.29, 0.717) is 31.7 Å². The minimum Gasteiger partial charge on any atom is -0.484 e. The second-order valence-corrected chi connectivity index (χ2v) is 6.91. The Morgan fingerprint density at radius 2 is 2.03 bits per heavy atom. The zero-order valence-electron chi connectivity index (χ0n) is 16.0. The van der Waals surface area contributed by atoms with Crippen LogP contribution in [0.15, 0.2) is 42.6 Å². The van der Waals surface area contributed by atoms with Gasteiger partial charge >= 0.3 is 0 Å². The number of carbonyl (C=O) groups is 2. The molecule has 3 rings (SSSR count). The lowest BCUT2D eigenvalue weighted by Crippen LogP contribution is -2.43. The highest BCUT2D eigenvalue weighted by molar-refractivity contribution is 5.92. The summed E-state index contributed by atoms with van der Waals surface area (Å²) in [7, 11) is 0. The maximum Gasteiger partial charge on any atom is 0.273 e. The Morgan fingerprint density at radius 1 is 1.28 bits per heavy atom. The molecule has 1 aromatic heterocycles. The number of amides is 2. The first-order valence-corrected chi connectivity index (χ1v) is 9.31. The lowest BCUT2D eigenvalue weighted by Gasteiger charge is -2.31. The average molecular weight is 398 g/mol. The molecule has 1 saturated heterocycles. The zero-order valence-corrected chi connectivity index (χ0v) is 16.0. The molecule has 0 unspecified atom stereocenters. The molecule has 1 N–H and O–H groups in total. The molecule has 0 atom stereocenters. The number of benzene rings is 1. The van der Waals surface area contributed by atoms with Crippen LogP contribution in [0.2, 0.25) is 0 Å². The first-order valence-electron chi connectivity index (χ1n) is 9.31. The van der Waals surface area contributed by atoms with E-state index < -0.39 is 4.92 Å². The minimum absolute atomic E-state index is 0.0927. The van der Waals surface area contributed by atoms with Gasteiger partial charge in [-0.1, -0.05) is 6.07 Å². The largest absolute Gasteiger partial charge is 0.484 e. The molecule has 0 bridgehead atoms. The van der Waals surface area contributed by atoms with Gasteiger partial charge in [0, 0.05) is 31.3 Å². The van der Waals surface area contributed by atoms with E-state index in [1.54, 1.807) is 17.2 Å². The van der Waals surface area contributed by atoms with Gasteiger partial charge in [0.25, 0.3) is 11.6 Å². The summed E-state index contributed by atoms with van der Waals surface area (Å²) >= 11 is 0. The second-order valence-electron chi connectivity index (χ2n) is 6.91. The molecule has 9 nitrogen and oxygen atoms in total. The first kappa shape index (κ1) is 20.2. The van der Waals surface area contributed by atoms with Crippen LogP contribution in [-0.2, 0) is 9.59 Å². The Kier molecular flexibility index (Phi) is 6.38. The number of non-ortho nitro benzene ring substituents is 1. The smallest absolute Gasteiger partial charge is 0.273 e. The van der Waals surface area contributed by atoms with Crippen LogP contribution in [-0.4, -0.2) is 46.3 Å². The number of ether oxygens (including phenoxy) is 1. The molecule has 1 aromatic carbocycles. The van der Waals surface area contributed by atoms with Crippen LogP contribution < -0.4 is 10.1 Å². The summed E-state index contributed by atoms with van der Waals surface area (Å²) in [5, 5.41) is 13.6. The summed E-state index contributed by atoms with van der Waals surface area (Å²) in [5.41, 5.74) is 0.921. The number of nitrogens with zero attached hydrogens (tertiary/aromatic N) is 3. The maximum absolute atomic E-state index is 12.4. The number of rotatable bonds is 6. The SMILES string of the molecule is Cc1ccnc(NC(=O)C2CCN(C(=O)COc3cccc([N+](=O)[O-])c3)CC2)c1. The number of aryl methyl sites for hydroxylation is 1. The Bertz CT molecular complexity index is 909. The summed E-state index contributed by atoms with van der Waals surface area (Å²) in [6.07, 6.45) is 2.76. The summed E-state index contributed by atoms with van der Waals surface area (Å²) in [6.45, 7) is 2.63. The average Bonchev–Trinajstić information content (AvgIpc) is 2.72. The summed E-state index contributed by atoms with van der Waals surface area (Å²) < 4.78 is 5.39. The van der Waals surface area contributed by atoms with Crippen LogP contribution in [0, 0.1) is 23.0 Å². The Morgan fingerprint density at radius 3 is 2.72 bits per heavy atom. The second kappa shape index (κ2) is 9.13. The van der Waals surface area contributed by atoms with Crippen LogP contribution in [0.3, 0.4) is 0 Å². The van der Waals surface area contributed by atoms with Gasteiger partial charge in [-0.3, -0.25) is 19.7 Å². The van der Waals surface area contributed by atoms with Crippen molar-refractivity contribution in [2.24, 2.45) is 5.92 Å². The van der Waals surface area contributed by atoms with Gasteiger partial charge in [-0.15, -0.1) is 0 Å². The van der Waals surface area contributed by atoms with Gasteiger partial charge in [-0.25, -0.2) is 4.98 Å². The van der Waals surface area contributed by atoms with Gasteiger partial charge in [-0.2, -0.15) is 0 Å². The Hall–Kier alpha value is -3.49. The number of piperidine rings is 1. The van der Waals surface area contributed by atoms with Crippen molar-refractivity contribution in [3.8, 4) is 5.75 Å². The van der Waals surface area contributed by atoms with Gasteiger partial charge in [-0.05, 0) is 43.5 Å². The number of hydrogen-bond donors (Lipinski definition) is 1. The molecule has 1 aliphatic heterocycles. The van der Waals surface area contributed by atoms with Crippen LogP contribution in [0.1, 0.15) is 18.4 Å². The van der Waals surface area contributed by atoms with Crippen molar-refractivity contribution < 1.29 is 19.2 Å². The number of carbonyl (C=O) groups excluding carboxylic acids is 2. The van der Waals surface area contributed by atoms with Crippen molar-refractivity contribution in [1.82, 2.24) is 9.88 Å². The fraction of sp³-hybridized carbons (Fsp3) is 0.350. The lowest BCUT2D eigenvalue weighted by molar-refractivity contribution is -0.384. The Balaban J connectivity index is 1.46. The van der Waals surface area contributed by atoms with Gasteiger partial charge in [0.15, 0.2) is 6.61 Å². The Labute approximate surface area is 167 Å². The number of nitro benzene ring substituents is 1. The molecule has 152 valence electrons.